The average Bonchev–Trinajstić information content (AvgIpc) is 2.61. The Balaban J connectivity index is 1.64. The lowest BCUT2D eigenvalue weighted by atomic mass is 9.78. The zero-order chi connectivity index (χ0) is 16.3. The van der Waals surface area contributed by atoms with Crippen LogP contribution in [0.5, 0.6) is 0 Å². The average molecular weight is 315 g/mol. The van der Waals surface area contributed by atoms with E-state index in [0.29, 0.717) is 0 Å². The maximum absolute atomic E-state index is 2.42. The monoisotopic (exact) mass is 314 g/mol. The largest absolute Gasteiger partial charge is 0.0654 e. The fourth-order valence-electron chi connectivity index (χ4n) is 4.15. The molecule has 0 heteroatoms. The van der Waals surface area contributed by atoms with E-state index in [4.69, 9.17) is 0 Å². The topological polar surface area (TPSA) is 0 Å². The van der Waals surface area contributed by atoms with E-state index in [2.05, 4.69) is 38.1 Å². The van der Waals surface area contributed by atoms with E-state index in [1.165, 1.54) is 83.5 Å². The summed E-state index contributed by atoms with van der Waals surface area (Å²) in [5, 5.41) is 0. The Kier molecular flexibility index (Phi) is 8.79. The highest BCUT2D eigenvalue weighted by atomic mass is 14.3. The van der Waals surface area contributed by atoms with Gasteiger partial charge >= 0.3 is 0 Å². The number of rotatable bonds is 10. The van der Waals surface area contributed by atoms with Crippen LogP contribution < -0.4 is 0 Å². The van der Waals surface area contributed by atoms with Crippen LogP contribution in [0.4, 0.5) is 0 Å². The second-order valence-corrected chi connectivity index (χ2v) is 7.74. The number of aryl methyl sites for hydroxylation is 1. The van der Waals surface area contributed by atoms with Crippen LogP contribution in [0.2, 0.25) is 0 Å². The highest BCUT2D eigenvalue weighted by molar-refractivity contribution is 5.25. The van der Waals surface area contributed by atoms with Crippen molar-refractivity contribution in [3.8, 4) is 0 Å². The maximum atomic E-state index is 2.42. The molecule has 0 aliphatic heterocycles. The zero-order valence-electron chi connectivity index (χ0n) is 15.7. The predicted octanol–water partition coefficient (Wildman–Crippen LogP) is 7.66. The smallest absolute Gasteiger partial charge is 0.0162 e. The van der Waals surface area contributed by atoms with E-state index in [1.807, 2.05) is 0 Å². The first kappa shape index (κ1) is 18.6. The van der Waals surface area contributed by atoms with Crippen molar-refractivity contribution in [1.82, 2.24) is 0 Å². The summed E-state index contributed by atoms with van der Waals surface area (Å²) in [6.07, 6.45) is 18.2. The summed E-state index contributed by atoms with van der Waals surface area (Å²) in [7, 11) is 0. The van der Waals surface area contributed by atoms with Crippen LogP contribution in [0, 0.1) is 5.92 Å². The summed E-state index contributed by atoms with van der Waals surface area (Å²) >= 11 is 0. The molecule has 1 aliphatic carbocycles. The van der Waals surface area contributed by atoms with Crippen LogP contribution >= 0.6 is 0 Å². The molecule has 1 saturated carbocycles. The normalized spacial score (nSPS) is 21.5. The second-order valence-electron chi connectivity index (χ2n) is 7.74. The molecule has 0 radical (unpaired) electrons. The molecular formula is C23H38. The maximum Gasteiger partial charge on any atom is -0.0162 e. The number of unbranched alkanes of at least 4 members (excludes halogenated alkanes) is 6. The Bertz CT molecular complexity index is 395. The van der Waals surface area contributed by atoms with Crippen molar-refractivity contribution in [1.29, 1.82) is 0 Å². The van der Waals surface area contributed by atoms with Crippen LogP contribution in [-0.4, -0.2) is 0 Å². The minimum atomic E-state index is 0.838. The Morgan fingerprint density at radius 2 is 1.35 bits per heavy atom. The summed E-state index contributed by atoms with van der Waals surface area (Å²) in [4.78, 5) is 0. The van der Waals surface area contributed by atoms with Crippen LogP contribution in [0.1, 0.15) is 108 Å². The third-order valence-electron chi connectivity index (χ3n) is 5.94. The molecule has 0 heterocycles. The molecule has 1 aliphatic rings. The van der Waals surface area contributed by atoms with E-state index >= 15 is 0 Å². The van der Waals surface area contributed by atoms with E-state index in [0.717, 1.165) is 11.8 Å². The molecule has 0 N–H and O–H groups in total. The molecule has 1 aromatic rings. The number of hydrogen-bond acceptors (Lipinski definition) is 0. The zero-order valence-corrected chi connectivity index (χ0v) is 15.7. The minimum Gasteiger partial charge on any atom is -0.0654 e. The molecule has 0 aromatic heterocycles. The Morgan fingerprint density at radius 3 is 1.96 bits per heavy atom. The fraction of sp³-hybridized carbons (Fsp3) is 0.739. The standard InChI is InChI=1S/C23H38/c1-3-5-6-7-8-9-10-11-21-14-18-23(19-15-21)22-16-12-20(4-2)13-17-22/h14-15,18-20,22H,3-13,16-17H2,1-2H3. The highest BCUT2D eigenvalue weighted by Crippen LogP contribution is 2.36. The first-order chi connectivity index (χ1) is 11.3. The second kappa shape index (κ2) is 10.9. The van der Waals surface area contributed by atoms with Gasteiger partial charge in [-0.05, 0) is 61.5 Å². The Labute approximate surface area is 145 Å². The third kappa shape index (κ3) is 6.69. The molecular weight excluding hydrogens is 276 g/mol. The van der Waals surface area contributed by atoms with Gasteiger partial charge < -0.3 is 0 Å². The van der Waals surface area contributed by atoms with Gasteiger partial charge in [-0.2, -0.15) is 0 Å². The van der Waals surface area contributed by atoms with E-state index in [1.54, 1.807) is 11.1 Å². The van der Waals surface area contributed by atoms with Gasteiger partial charge in [-0.3, -0.25) is 0 Å². The lowest BCUT2D eigenvalue weighted by Crippen LogP contribution is -2.12. The fourth-order valence-corrected chi connectivity index (χ4v) is 4.15. The number of benzene rings is 1. The molecule has 0 nitrogen and oxygen atoms in total. The molecule has 2 rings (SSSR count). The molecule has 1 fully saturated rings. The van der Waals surface area contributed by atoms with E-state index in [-0.39, 0.29) is 0 Å². The molecule has 0 bridgehead atoms. The summed E-state index contributed by atoms with van der Waals surface area (Å²) in [5.41, 5.74) is 3.15. The van der Waals surface area contributed by atoms with Gasteiger partial charge in [0.1, 0.15) is 0 Å². The summed E-state index contributed by atoms with van der Waals surface area (Å²) in [5.74, 6) is 1.84. The van der Waals surface area contributed by atoms with Crippen molar-refractivity contribution in [3.05, 3.63) is 35.4 Å². The van der Waals surface area contributed by atoms with Gasteiger partial charge in [0, 0.05) is 0 Å². The van der Waals surface area contributed by atoms with E-state index in [9.17, 15) is 0 Å². The molecule has 0 unspecified atom stereocenters. The first-order valence-corrected chi connectivity index (χ1v) is 10.4. The highest BCUT2D eigenvalue weighted by Gasteiger charge is 2.20. The van der Waals surface area contributed by atoms with Crippen molar-refractivity contribution >= 4 is 0 Å². The molecule has 130 valence electrons. The van der Waals surface area contributed by atoms with Crippen molar-refractivity contribution < 1.29 is 0 Å². The summed E-state index contributed by atoms with van der Waals surface area (Å²) in [6.45, 7) is 4.64. The van der Waals surface area contributed by atoms with Crippen molar-refractivity contribution in [2.75, 3.05) is 0 Å². The van der Waals surface area contributed by atoms with Gasteiger partial charge in [-0.25, -0.2) is 0 Å². The van der Waals surface area contributed by atoms with Gasteiger partial charge in [-0.15, -0.1) is 0 Å². The molecule has 0 spiro atoms. The van der Waals surface area contributed by atoms with Crippen molar-refractivity contribution in [3.63, 3.8) is 0 Å². The molecule has 0 atom stereocenters. The predicted molar refractivity (Wildman–Crippen MR) is 103 cm³/mol. The minimum absolute atomic E-state index is 0.838. The van der Waals surface area contributed by atoms with E-state index < -0.39 is 0 Å². The van der Waals surface area contributed by atoms with Crippen LogP contribution in [0.15, 0.2) is 24.3 Å². The molecule has 0 amide bonds. The third-order valence-corrected chi connectivity index (χ3v) is 5.94. The van der Waals surface area contributed by atoms with Gasteiger partial charge in [0.05, 0.1) is 0 Å². The van der Waals surface area contributed by atoms with Gasteiger partial charge in [-0.1, -0.05) is 83.1 Å². The lowest BCUT2D eigenvalue weighted by Gasteiger charge is -2.28. The van der Waals surface area contributed by atoms with Gasteiger partial charge in [0.2, 0.25) is 0 Å². The van der Waals surface area contributed by atoms with Crippen molar-refractivity contribution in [2.45, 2.75) is 103 Å². The first-order valence-electron chi connectivity index (χ1n) is 10.4. The van der Waals surface area contributed by atoms with Crippen molar-refractivity contribution in [2.24, 2.45) is 5.92 Å². The summed E-state index contributed by atoms with van der Waals surface area (Å²) < 4.78 is 0. The molecule has 0 saturated heterocycles. The van der Waals surface area contributed by atoms with Crippen LogP contribution in [0.25, 0.3) is 0 Å². The quantitative estimate of drug-likeness (QED) is 0.389. The number of hydrogen-bond donors (Lipinski definition) is 0. The van der Waals surface area contributed by atoms with Gasteiger partial charge in [0.25, 0.3) is 0 Å². The molecule has 1 aromatic carbocycles. The Hall–Kier alpha value is -0.780. The SMILES string of the molecule is CCCCCCCCCc1ccc(C2CCC(CC)CC2)cc1. The summed E-state index contributed by atoms with van der Waals surface area (Å²) in [6, 6.07) is 9.65. The lowest BCUT2D eigenvalue weighted by molar-refractivity contribution is 0.319. The van der Waals surface area contributed by atoms with Gasteiger partial charge in [0.15, 0.2) is 0 Å². The molecule has 23 heavy (non-hydrogen) atoms. The Morgan fingerprint density at radius 1 is 0.739 bits per heavy atom. The van der Waals surface area contributed by atoms with Crippen LogP contribution in [0.3, 0.4) is 0 Å². The van der Waals surface area contributed by atoms with Crippen LogP contribution in [-0.2, 0) is 6.42 Å².